The van der Waals surface area contributed by atoms with E-state index in [9.17, 15) is 0 Å². The van der Waals surface area contributed by atoms with Gasteiger partial charge < -0.3 is 4.57 Å². The molecule has 0 fully saturated rings. The van der Waals surface area contributed by atoms with Crippen molar-refractivity contribution < 1.29 is 0 Å². The molecule has 0 unspecified atom stereocenters. The highest BCUT2D eigenvalue weighted by molar-refractivity contribution is 6.09. The average molecular weight is 512 g/mol. The van der Waals surface area contributed by atoms with Crippen molar-refractivity contribution in [2.45, 2.75) is 5.92 Å². The summed E-state index contributed by atoms with van der Waals surface area (Å²) in [6.45, 7) is 4.57. The molecular formula is C39H29N. The molecule has 1 heterocycles. The Hall–Kier alpha value is -5.14. The molecule has 0 aliphatic heterocycles. The first-order chi connectivity index (χ1) is 19.8. The zero-order valence-corrected chi connectivity index (χ0v) is 22.2. The van der Waals surface area contributed by atoms with E-state index in [1.54, 1.807) is 0 Å². The second kappa shape index (κ2) is 10.2. The number of benzene rings is 6. The number of fused-ring (bicyclic) bond motifs is 3. The monoisotopic (exact) mass is 511 g/mol. The zero-order chi connectivity index (χ0) is 26.9. The summed E-state index contributed by atoms with van der Waals surface area (Å²) in [5, 5.41) is 2.56. The molecule has 0 saturated carbocycles. The van der Waals surface area contributed by atoms with Crippen LogP contribution in [0.25, 0.3) is 44.2 Å². The second-order valence-corrected chi connectivity index (χ2v) is 10.3. The van der Waals surface area contributed by atoms with Crippen molar-refractivity contribution in [2.75, 3.05) is 0 Å². The van der Waals surface area contributed by atoms with Gasteiger partial charge in [0, 0.05) is 22.4 Å². The van der Waals surface area contributed by atoms with E-state index in [2.05, 4.69) is 169 Å². The number of hydrogen-bond acceptors (Lipinski definition) is 0. The number of aromatic nitrogens is 1. The van der Waals surface area contributed by atoms with Crippen LogP contribution in [0, 0.1) is 0 Å². The fourth-order valence-electron chi connectivity index (χ4n) is 5.93. The summed E-state index contributed by atoms with van der Waals surface area (Å²) in [4.78, 5) is 0. The Labute approximate surface area is 235 Å². The molecule has 0 aliphatic carbocycles. The Balaban J connectivity index is 1.20. The molecule has 7 rings (SSSR count). The predicted molar refractivity (Wildman–Crippen MR) is 170 cm³/mol. The fraction of sp³-hybridized carbons (Fsp3) is 0.0256. The molecule has 0 saturated heterocycles. The normalized spacial score (nSPS) is 11.3. The van der Waals surface area contributed by atoms with Crippen LogP contribution in [0.5, 0.6) is 0 Å². The van der Waals surface area contributed by atoms with E-state index in [1.807, 2.05) is 0 Å². The Morgan fingerprint density at radius 2 is 0.875 bits per heavy atom. The maximum atomic E-state index is 4.57. The van der Waals surface area contributed by atoms with Gasteiger partial charge in [0.1, 0.15) is 0 Å². The van der Waals surface area contributed by atoms with Gasteiger partial charge in [-0.3, -0.25) is 0 Å². The lowest BCUT2D eigenvalue weighted by Gasteiger charge is -2.21. The fourth-order valence-corrected chi connectivity index (χ4v) is 5.93. The highest BCUT2D eigenvalue weighted by Crippen LogP contribution is 2.37. The van der Waals surface area contributed by atoms with Crippen LogP contribution in [0.15, 0.2) is 164 Å². The highest BCUT2D eigenvalue weighted by Gasteiger charge is 2.19. The van der Waals surface area contributed by atoms with Crippen molar-refractivity contribution in [3.63, 3.8) is 0 Å². The first kappa shape index (κ1) is 23.9. The Bertz CT molecular complexity index is 1830. The number of nitrogens with zero attached hydrogens (tertiary/aromatic N) is 1. The molecule has 0 amide bonds. The number of para-hydroxylation sites is 2. The van der Waals surface area contributed by atoms with E-state index in [0.717, 1.165) is 11.1 Å². The van der Waals surface area contributed by atoms with Crippen molar-refractivity contribution >= 4 is 27.4 Å². The summed E-state index contributed by atoms with van der Waals surface area (Å²) in [6.07, 6.45) is 0. The van der Waals surface area contributed by atoms with Gasteiger partial charge in [-0.1, -0.05) is 140 Å². The SMILES string of the molecule is C=C(c1ccc(-c2ccc(-n3c4ccccc4c4ccccc43)cc2)cc1)C(c1ccccc1)c1ccccc1. The third-order valence-electron chi connectivity index (χ3n) is 7.91. The van der Waals surface area contributed by atoms with Crippen molar-refractivity contribution in [3.05, 3.63) is 181 Å². The van der Waals surface area contributed by atoms with E-state index < -0.39 is 0 Å². The maximum absolute atomic E-state index is 4.57. The molecule has 0 atom stereocenters. The summed E-state index contributed by atoms with van der Waals surface area (Å²) in [7, 11) is 0. The standard InChI is InChI=1S/C39H29N/c1-28(39(32-12-4-2-5-13-32)33-14-6-3-7-15-33)29-20-22-30(23-21-29)31-24-26-34(27-25-31)40-37-18-10-8-16-35(37)36-17-9-11-19-38(36)40/h2-27,39H,1H2. The Kier molecular flexibility index (Phi) is 6.11. The summed E-state index contributed by atoms with van der Waals surface area (Å²) < 4.78 is 2.36. The van der Waals surface area contributed by atoms with Gasteiger partial charge in [0.05, 0.1) is 11.0 Å². The average Bonchev–Trinajstić information content (AvgIpc) is 3.37. The topological polar surface area (TPSA) is 4.93 Å². The molecule has 0 N–H and O–H groups in total. The van der Waals surface area contributed by atoms with Crippen LogP contribution in [0.3, 0.4) is 0 Å². The Morgan fingerprint density at radius 1 is 0.450 bits per heavy atom. The molecule has 1 nitrogen and oxygen atoms in total. The summed E-state index contributed by atoms with van der Waals surface area (Å²) in [5.74, 6) is 0.110. The third-order valence-corrected chi connectivity index (χ3v) is 7.91. The molecule has 40 heavy (non-hydrogen) atoms. The van der Waals surface area contributed by atoms with Crippen LogP contribution in [-0.2, 0) is 0 Å². The lowest BCUT2D eigenvalue weighted by Crippen LogP contribution is -2.03. The van der Waals surface area contributed by atoms with Crippen LogP contribution >= 0.6 is 0 Å². The van der Waals surface area contributed by atoms with Gasteiger partial charge in [-0.25, -0.2) is 0 Å². The summed E-state index contributed by atoms with van der Waals surface area (Å²) in [5.41, 5.74) is 10.8. The van der Waals surface area contributed by atoms with E-state index in [4.69, 9.17) is 0 Å². The Morgan fingerprint density at radius 3 is 1.38 bits per heavy atom. The maximum Gasteiger partial charge on any atom is 0.0541 e. The molecule has 0 spiro atoms. The van der Waals surface area contributed by atoms with Gasteiger partial charge in [-0.15, -0.1) is 0 Å². The molecule has 190 valence electrons. The minimum absolute atomic E-state index is 0.110. The zero-order valence-electron chi connectivity index (χ0n) is 22.2. The molecule has 1 aromatic heterocycles. The van der Waals surface area contributed by atoms with E-state index in [-0.39, 0.29) is 5.92 Å². The quantitative estimate of drug-likeness (QED) is 0.209. The van der Waals surface area contributed by atoms with Gasteiger partial charge in [0.25, 0.3) is 0 Å². The van der Waals surface area contributed by atoms with Crippen molar-refractivity contribution in [1.29, 1.82) is 0 Å². The van der Waals surface area contributed by atoms with Gasteiger partial charge in [0.15, 0.2) is 0 Å². The van der Waals surface area contributed by atoms with Crippen molar-refractivity contribution in [1.82, 2.24) is 4.57 Å². The van der Waals surface area contributed by atoms with Gasteiger partial charge in [-0.05, 0) is 57.7 Å². The molecule has 0 aliphatic rings. The minimum atomic E-state index is 0.110. The molecule has 1 heteroatoms. The molecule has 6 aromatic carbocycles. The van der Waals surface area contributed by atoms with Crippen molar-refractivity contribution in [2.24, 2.45) is 0 Å². The van der Waals surface area contributed by atoms with E-state index >= 15 is 0 Å². The largest absolute Gasteiger partial charge is 0.309 e. The lowest BCUT2D eigenvalue weighted by atomic mass is 9.82. The number of hydrogen-bond donors (Lipinski definition) is 0. The van der Waals surface area contributed by atoms with E-state index in [1.165, 1.54) is 49.7 Å². The molecular weight excluding hydrogens is 482 g/mol. The molecule has 0 bridgehead atoms. The second-order valence-electron chi connectivity index (χ2n) is 10.3. The van der Waals surface area contributed by atoms with E-state index in [0.29, 0.717) is 0 Å². The highest BCUT2D eigenvalue weighted by atomic mass is 15.0. The van der Waals surface area contributed by atoms with Crippen molar-refractivity contribution in [3.8, 4) is 16.8 Å². The summed E-state index contributed by atoms with van der Waals surface area (Å²) >= 11 is 0. The van der Waals surface area contributed by atoms with Crippen LogP contribution in [0.1, 0.15) is 22.6 Å². The summed E-state index contributed by atoms with van der Waals surface area (Å²) in [6, 6.07) is 56.3. The predicted octanol–water partition coefficient (Wildman–Crippen LogP) is 10.3. The van der Waals surface area contributed by atoms with Crippen LogP contribution in [0.2, 0.25) is 0 Å². The van der Waals surface area contributed by atoms with Gasteiger partial charge in [0.2, 0.25) is 0 Å². The van der Waals surface area contributed by atoms with Crippen LogP contribution in [0.4, 0.5) is 0 Å². The smallest absolute Gasteiger partial charge is 0.0541 e. The first-order valence-electron chi connectivity index (χ1n) is 13.8. The molecule has 7 aromatic rings. The third kappa shape index (κ3) is 4.22. The number of allylic oxidation sites excluding steroid dienone is 1. The minimum Gasteiger partial charge on any atom is -0.309 e. The lowest BCUT2D eigenvalue weighted by molar-refractivity contribution is 1.05. The first-order valence-corrected chi connectivity index (χ1v) is 13.8. The van der Waals surface area contributed by atoms with Crippen LogP contribution in [-0.4, -0.2) is 4.57 Å². The van der Waals surface area contributed by atoms with Gasteiger partial charge in [-0.2, -0.15) is 0 Å². The van der Waals surface area contributed by atoms with Gasteiger partial charge >= 0.3 is 0 Å². The molecule has 0 radical (unpaired) electrons. The van der Waals surface area contributed by atoms with Crippen LogP contribution < -0.4 is 0 Å². The number of rotatable bonds is 6.